The van der Waals surface area contributed by atoms with Crippen molar-refractivity contribution in [2.24, 2.45) is 11.7 Å². The zero-order valence-electron chi connectivity index (χ0n) is 24.1. The number of aromatic nitrogens is 1. The van der Waals surface area contributed by atoms with E-state index in [4.69, 9.17) is 10.5 Å². The zero-order valence-corrected chi connectivity index (χ0v) is 24.1. The summed E-state index contributed by atoms with van der Waals surface area (Å²) in [6.07, 6.45) is -2.97. The molecule has 13 heteroatoms. The van der Waals surface area contributed by atoms with Crippen molar-refractivity contribution in [1.29, 1.82) is 0 Å². The molecule has 1 aliphatic rings. The molecule has 3 aromatic rings. The number of fused-ring (bicyclic) bond motifs is 1. The van der Waals surface area contributed by atoms with Gasteiger partial charge in [-0.3, -0.25) is 9.59 Å². The number of hydrogen-bond donors (Lipinski definition) is 2. The smallest absolute Gasteiger partial charge is 0.405 e. The molecule has 0 saturated carbocycles. The lowest BCUT2D eigenvalue weighted by molar-refractivity contribution is -0.274. The highest BCUT2D eigenvalue weighted by atomic mass is 19.4. The lowest BCUT2D eigenvalue weighted by Gasteiger charge is -2.32. The van der Waals surface area contributed by atoms with Gasteiger partial charge < -0.3 is 30.0 Å². The third kappa shape index (κ3) is 7.45. The van der Waals surface area contributed by atoms with E-state index in [-0.39, 0.29) is 67.0 Å². The molecule has 3 N–H and O–H groups in total. The number of piperidine rings is 1. The number of nitrogens with one attached hydrogen (secondary N) is 1. The van der Waals surface area contributed by atoms with Crippen LogP contribution in [0, 0.1) is 17.6 Å². The Labute approximate surface area is 245 Å². The Bertz CT molecular complexity index is 1460. The highest BCUT2D eigenvalue weighted by Gasteiger charge is 2.35. The normalized spacial score (nSPS) is 15.3. The molecular weight excluding hydrogens is 575 g/mol. The maximum Gasteiger partial charge on any atom is 0.573 e. The van der Waals surface area contributed by atoms with Crippen LogP contribution in [0.25, 0.3) is 10.9 Å². The van der Waals surface area contributed by atoms with Crippen molar-refractivity contribution >= 4 is 22.7 Å². The Morgan fingerprint density at radius 2 is 1.77 bits per heavy atom. The summed E-state index contributed by atoms with van der Waals surface area (Å²) in [4.78, 5) is 27.3. The van der Waals surface area contributed by atoms with Crippen LogP contribution >= 0.6 is 0 Å². The molecule has 4 rings (SSSR count). The number of alkyl halides is 3. The molecule has 0 unspecified atom stereocenters. The predicted octanol–water partition coefficient (Wildman–Crippen LogP) is 5.08. The average Bonchev–Trinajstić information content (AvgIpc) is 3.36. The van der Waals surface area contributed by atoms with Crippen molar-refractivity contribution in [3.05, 3.63) is 64.9 Å². The number of ether oxygens (including phenoxy) is 2. The molecule has 1 saturated heterocycles. The summed E-state index contributed by atoms with van der Waals surface area (Å²) in [7, 11) is 1.42. The number of carbonyl (C=O) groups excluding carboxylic acids is 2. The number of likely N-dealkylation sites (tertiary alicyclic amines) is 1. The summed E-state index contributed by atoms with van der Waals surface area (Å²) in [5.41, 5.74) is 6.70. The van der Waals surface area contributed by atoms with E-state index in [2.05, 4.69) is 10.1 Å². The van der Waals surface area contributed by atoms with Crippen LogP contribution in [0.1, 0.15) is 54.1 Å². The Morgan fingerprint density at radius 1 is 1.09 bits per heavy atom. The largest absolute Gasteiger partial charge is 0.573 e. The zero-order chi connectivity index (χ0) is 31.5. The highest BCUT2D eigenvalue weighted by molar-refractivity contribution is 6.09. The molecule has 0 bridgehead atoms. The highest BCUT2D eigenvalue weighted by Crippen LogP contribution is 2.38. The SMILES string of the molecule is COCCn1cc(C(=O)N2CCC(c3cc(CNC(=O)[C@H](N)C(C)C)ccc3F)CC2)c2c(OC(F)(F)F)ccc(F)c21. The number of nitrogens with zero attached hydrogens (tertiary/aromatic N) is 2. The van der Waals surface area contributed by atoms with Gasteiger partial charge in [-0.15, -0.1) is 13.2 Å². The van der Waals surface area contributed by atoms with Crippen LogP contribution in [0.2, 0.25) is 0 Å². The first kappa shape index (κ1) is 32.2. The Hall–Kier alpha value is -3.71. The number of rotatable bonds is 10. The van der Waals surface area contributed by atoms with Gasteiger partial charge in [0.05, 0.1) is 29.1 Å². The van der Waals surface area contributed by atoms with Gasteiger partial charge in [-0.1, -0.05) is 26.0 Å². The number of nitrogens with two attached hydrogens (primary N) is 1. The van der Waals surface area contributed by atoms with Crippen LogP contribution in [0.15, 0.2) is 36.5 Å². The molecule has 2 aromatic carbocycles. The number of hydrogen-bond acceptors (Lipinski definition) is 5. The molecule has 1 atom stereocenters. The van der Waals surface area contributed by atoms with Gasteiger partial charge in [-0.2, -0.15) is 0 Å². The van der Waals surface area contributed by atoms with E-state index in [1.54, 1.807) is 12.1 Å². The minimum absolute atomic E-state index is 0.0404. The van der Waals surface area contributed by atoms with Gasteiger partial charge in [-0.25, -0.2) is 8.78 Å². The number of amides is 2. The monoisotopic (exact) mass is 610 g/mol. The molecule has 43 heavy (non-hydrogen) atoms. The van der Waals surface area contributed by atoms with Gasteiger partial charge in [0, 0.05) is 39.5 Å². The second-order valence-corrected chi connectivity index (χ2v) is 11.0. The minimum atomic E-state index is -5.06. The number of halogens is 5. The van der Waals surface area contributed by atoms with E-state index in [1.807, 2.05) is 13.8 Å². The van der Waals surface area contributed by atoms with Crippen molar-refractivity contribution in [1.82, 2.24) is 14.8 Å². The number of methoxy groups -OCH3 is 1. The van der Waals surface area contributed by atoms with Crippen LogP contribution in [0.5, 0.6) is 5.75 Å². The topological polar surface area (TPSA) is 98.8 Å². The van der Waals surface area contributed by atoms with E-state index in [9.17, 15) is 31.5 Å². The second kappa shape index (κ2) is 13.3. The maximum absolute atomic E-state index is 14.9. The van der Waals surface area contributed by atoms with E-state index < -0.39 is 35.7 Å². The van der Waals surface area contributed by atoms with Crippen LogP contribution in [0.4, 0.5) is 22.0 Å². The van der Waals surface area contributed by atoms with E-state index in [0.29, 0.717) is 24.0 Å². The van der Waals surface area contributed by atoms with E-state index in [1.165, 1.54) is 28.8 Å². The summed E-state index contributed by atoms with van der Waals surface area (Å²) >= 11 is 0. The first-order valence-electron chi connectivity index (χ1n) is 14.0. The van der Waals surface area contributed by atoms with Crippen LogP contribution in [-0.2, 0) is 22.6 Å². The summed E-state index contributed by atoms with van der Waals surface area (Å²) in [5.74, 6) is -3.07. The molecule has 0 radical (unpaired) electrons. The summed E-state index contributed by atoms with van der Waals surface area (Å²) in [5, 5.41) is 2.49. The quantitative estimate of drug-likeness (QED) is 0.312. The molecule has 0 aliphatic carbocycles. The minimum Gasteiger partial charge on any atom is -0.405 e. The summed E-state index contributed by atoms with van der Waals surface area (Å²) in [6, 6.07) is 5.65. The third-order valence-corrected chi connectivity index (χ3v) is 7.69. The molecule has 1 aliphatic heterocycles. The van der Waals surface area contributed by atoms with Crippen molar-refractivity contribution < 1.29 is 41.0 Å². The summed E-state index contributed by atoms with van der Waals surface area (Å²) < 4.78 is 79.9. The summed E-state index contributed by atoms with van der Waals surface area (Å²) in [6.45, 7) is 4.47. The fraction of sp³-hybridized carbons (Fsp3) is 0.467. The van der Waals surface area contributed by atoms with Gasteiger partial charge in [0.25, 0.3) is 5.91 Å². The number of benzene rings is 2. The van der Waals surface area contributed by atoms with E-state index >= 15 is 0 Å². The lowest BCUT2D eigenvalue weighted by Crippen LogP contribution is -2.43. The van der Waals surface area contributed by atoms with Gasteiger partial charge in [0.2, 0.25) is 5.91 Å². The van der Waals surface area contributed by atoms with Crippen LogP contribution < -0.4 is 15.8 Å². The Kier molecular flexibility index (Phi) is 9.96. The Morgan fingerprint density at radius 3 is 2.40 bits per heavy atom. The van der Waals surface area contributed by atoms with Crippen molar-refractivity contribution in [2.45, 2.75) is 58.1 Å². The van der Waals surface area contributed by atoms with Gasteiger partial charge >= 0.3 is 6.36 Å². The first-order valence-corrected chi connectivity index (χ1v) is 14.0. The van der Waals surface area contributed by atoms with E-state index in [0.717, 1.165) is 12.1 Å². The molecule has 8 nitrogen and oxygen atoms in total. The molecule has 234 valence electrons. The second-order valence-electron chi connectivity index (χ2n) is 11.0. The number of carbonyl (C=O) groups is 2. The van der Waals surface area contributed by atoms with Gasteiger partial charge in [-0.05, 0) is 54.0 Å². The van der Waals surface area contributed by atoms with Crippen molar-refractivity contribution in [3.8, 4) is 5.75 Å². The average molecular weight is 611 g/mol. The molecule has 2 amide bonds. The van der Waals surface area contributed by atoms with Crippen molar-refractivity contribution in [3.63, 3.8) is 0 Å². The molecule has 2 heterocycles. The molecule has 1 aromatic heterocycles. The molecule has 1 fully saturated rings. The maximum atomic E-state index is 14.9. The lowest BCUT2D eigenvalue weighted by atomic mass is 9.88. The third-order valence-electron chi connectivity index (χ3n) is 7.69. The fourth-order valence-corrected chi connectivity index (χ4v) is 5.30. The molecule has 0 spiro atoms. The Balaban J connectivity index is 1.53. The standard InChI is InChI=1S/C30H35F5N4O4/c1-17(2)26(36)28(40)37-15-18-4-5-22(31)20(14-18)19-8-10-38(11-9-19)29(41)21-16-39(12-13-42-3)27-23(32)6-7-24(25(21)27)43-30(33,34)35/h4-7,14,16-17,19,26H,8-13,15,36H2,1-3H3,(H,37,40)/t26-/m1/s1. The van der Waals surface area contributed by atoms with Crippen LogP contribution in [-0.4, -0.2) is 60.5 Å². The van der Waals surface area contributed by atoms with Crippen molar-refractivity contribution in [2.75, 3.05) is 26.8 Å². The van der Waals surface area contributed by atoms with Gasteiger partial charge in [0.15, 0.2) is 0 Å². The fourth-order valence-electron chi connectivity index (χ4n) is 5.30. The van der Waals surface area contributed by atoms with Gasteiger partial charge in [0.1, 0.15) is 17.4 Å². The predicted molar refractivity (Wildman–Crippen MR) is 149 cm³/mol. The first-order chi connectivity index (χ1) is 20.3. The van der Waals surface area contributed by atoms with Crippen LogP contribution in [0.3, 0.4) is 0 Å². The molecular formula is C30H35F5N4O4.